The first kappa shape index (κ1) is 21.0. The molecule has 0 atom stereocenters. The lowest BCUT2D eigenvalue weighted by Gasteiger charge is -2.32. The van der Waals surface area contributed by atoms with Crippen LogP contribution in [0.4, 0.5) is 4.39 Å². The number of pyridine rings is 1. The number of amides is 1. The van der Waals surface area contributed by atoms with Crippen molar-refractivity contribution in [3.05, 3.63) is 94.6 Å². The number of nitrogens with zero attached hydrogens (tertiary/aromatic N) is 2. The van der Waals surface area contributed by atoms with Gasteiger partial charge in [0.15, 0.2) is 0 Å². The Kier molecular flexibility index (Phi) is 6.31. The fourth-order valence-corrected chi connectivity index (χ4v) is 4.26. The molecule has 0 unspecified atom stereocenters. The van der Waals surface area contributed by atoms with Gasteiger partial charge in [-0.15, -0.1) is 0 Å². The van der Waals surface area contributed by atoms with Crippen molar-refractivity contribution in [1.29, 1.82) is 0 Å². The van der Waals surface area contributed by atoms with Gasteiger partial charge < -0.3 is 9.64 Å². The van der Waals surface area contributed by atoms with Crippen LogP contribution in [0.25, 0.3) is 0 Å². The first-order valence-electron chi connectivity index (χ1n) is 10.7. The molecule has 2 aromatic carbocycles. The number of piperidine rings is 1. The summed E-state index contributed by atoms with van der Waals surface area (Å²) in [6.07, 6.45) is 4.43. The molecular weight excluding hydrogens is 391 g/mol. The van der Waals surface area contributed by atoms with Gasteiger partial charge in [-0.2, -0.15) is 0 Å². The van der Waals surface area contributed by atoms with Crippen LogP contribution in [0, 0.1) is 12.7 Å². The largest absolute Gasteiger partial charge is 0.496 e. The number of aromatic nitrogens is 1. The molecule has 160 valence electrons. The van der Waals surface area contributed by atoms with Gasteiger partial charge in [0.1, 0.15) is 11.6 Å². The monoisotopic (exact) mass is 418 g/mol. The van der Waals surface area contributed by atoms with E-state index in [1.807, 2.05) is 36.2 Å². The Labute approximate surface area is 182 Å². The van der Waals surface area contributed by atoms with Crippen molar-refractivity contribution in [2.75, 3.05) is 20.2 Å². The second-order valence-corrected chi connectivity index (χ2v) is 8.12. The third-order valence-corrected chi connectivity index (χ3v) is 6.02. The Morgan fingerprint density at radius 1 is 1.06 bits per heavy atom. The SMILES string of the molecule is COc1c(C)cccc1C(=O)N1CCC(c2ccc(Cc3ccc(F)cc3)cn2)CC1. The number of para-hydroxylation sites is 1. The van der Waals surface area contributed by atoms with E-state index in [4.69, 9.17) is 4.74 Å². The Bertz CT molecular complexity index is 1040. The number of hydrogen-bond acceptors (Lipinski definition) is 3. The smallest absolute Gasteiger partial charge is 0.257 e. The van der Waals surface area contributed by atoms with Gasteiger partial charge >= 0.3 is 0 Å². The molecule has 5 heteroatoms. The van der Waals surface area contributed by atoms with Crippen molar-refractivity contribution in [2.45, 2.75) is 32.1 Å². The summed E-state index contributed by atoms with van der Waals surface area (Å²) in [7, 11) is 1.61. The number of methoxy groups -OCH3 is 1. The fourth-order valence-electron chi connectivity index (χ4n) is 4.26. The minimum absolute atomic E-state index is 0.0293. The Morgan fingerprint density at radius 3 is 2.42 bits per heavy atom. The van der Waals surface area contributed by atoms with E-state index in [0.29, 0.717) is 30.3 Å². The fraction of sp³-hybridized carbons (Fsp3) is 0.308. The third kappa shape index (κ3) is 4.76. The number of halogens is 1. The Morgan fingerprint density at radius 2 is 1.77 bits per heavy atom. The van der Waals surface area contributed by atoms with Crippen molar-refractivity contribution >= 4 is 5.91 Å². The summed E-state index contributed by atoms with van der Waals surface area (Å²) in [6.45, 7) is 3.37. The van der Waals surface area contributed by atoms with Gasteiger partial charge in [-0.3, -0.25) is 9.78 Å². The number of rotatable bonds is 5. The second kappa shape index (κ2) is 9.29. The molecule has 3 aromatic rings. The van der Waals surface area contributed by atoms with Crippen molar-refractivity contribution in [2.24, 2.45) is 0 Å². The number of carbonyl (C=O) groups is 1. The average molecular weight is 419 g/mol. The zero-order chi connectivity index (χ0) is 21.8. The lowest BCUT2D eigenvalue weighted by Crippen LogP contribution is -2.38. The minimum atomic E-state index is -0.220. The van der Waals surface area contributed by atoms with Crippen molar-refractivity contribution in [1.82, 2.24) is 9.88 Å². The lowest BCUT2D eigenvalue weighted by atomic mass is 9.92. The van der Waals surface area contributed by atoms with E-state index in [2.05, 4.69) is 17.1 Å². The van der Waals surface area contributed by atoms with Gasteiger partial charge in [-0.05, 0) is 67.1 Å². The predicted octanol–water partition coefficient (Wildman–Crippen LogP) is 5.15. The van der Waals surface area contributed by atoms with Gasteiger partial charge in [-0.25, -0.2) is 4.39 Å². The van der Waals surface area contributed by atoms with Crippen LogP contribution in [0.2, 0.25) is 0 Å². The molecule has 1 saturated heterocycles. The molecule has 0 aliphatic carbocycles. The van der Waals surface area contributed by atoms with Crippen LogP contribution in [0.3, 0.4) is 0 Å². The third-order valence-electron chi connectivity index (χ3n) is 6.02. The topological polar surface area (TPSA) is 42.4 Å². The highest BCUT2D eigenvalue weighted by Crippen LogP contribution is 2.30. The molecule has 0 saturated carbocycles. The first-order chi connectivity index (χ1) is 15.0. The van der Waals surface area contributed by atoms with E-state index in [1.54, 1.807) is 19.2 Å². The standard InChI is InChI=1S/C26H27FN2O2/c1-18-4-3-5-23(25(18)31-2)26(30)29-14-12-21(13-15-29)24-11-8-20(17-28-24)16-19-6-9-22(27)10-7-19/h3-11,17,21H,12-16H2,1-2H3. The van der Waals surface area contributed by atoms with Crippen LogP contribution in [0.1, 0.15) is 51.5 Å². The predicted molar refractivity (Wildman–Crippen MR) is 119 cm³/mol. The van der Waals surface area contributed by atoms with E-state index in [1.165, 1.54) is 12.1 Å². The highest BCUT2D eigenvalue weighted by Gasteiger charge is 2.27. The van der Waals surface area contributed by atoms with Crippen LogP contribution < -0.4 is 4.74 Å². The van der Waals surface area contributed by atoms with Crippen LogP contribution in [-0.4, -0.2) is 36.0 Å². The molecule has 1 aliphatic rings. The lowest BCUT2D eigenvalue weighted by molar-refractivity contribution is 0.0708. The van der Waals surface area contributed by atoms with Crippen molar-refractivity contribution in [3.63, 3.8) is 0 Å². The maximum Gasteiger partial charge on any atom is 0.257 e. The number of likely N-dealkylation sites (tertiary alicyclic amines) is 1. The zero-order valence-corrected chi connectivity index (χ0v) is 18.0. The van der Waals surface area contributed by atoms with Gasteiger partial charge in [0, 0.05) is 30.9 Å². The van der Waals surface area contributed by atoms with E-state index in [9.17, 15) is 9.18 Å². The summed E-state index contributed by atoms with van der Waals surface area (Å²) < 4.78 is 18.5. The molecule has 0 bridgehead atoms. The quantitative estimate of drug-likeness (QED) is 0.576. The molecule has 1 aliphatic heterocycles. The second-order valence-electron chi connectivity index (χ2n) is 8.12. The average Bonchev–Trinajstić information content (AvgIpc) is 2.80. The zero-order valence-electron chi connectivity index (χ0n) is 18.0. The molecule has 0 N–H and O–H groups in total. The summed E-state index contributed by atoms with van der Waals surface area (Å²) in [5.41, 5.74) is 4.84. The molecule has 4 rings (SSSR count). The normalized spacial score (nSPS) is 14.5. The molecule has 1 aromatic heterocycles. The molecule has 0 spiro atoms. The summed E-state index contributed by atoms with van der Waals surface area (Å²) in [5.74, 6) is 0.820. The van der Waals surface area contributed by atoms with Crippen LogP contribution in [0.5, 0.6) is 5.75 Å². The highest BCUT2D eigenvalue weighted by atomic mass is 19.1. The Hall–Kier alpha value is -3.21. The summed E-state index contributed by atoms with van der Waals surface area (Å²) in [6, 6.07) is 16.4. The molecule has 4 nitrogen and oxygen atoms in total. The van der Waals surface area contributed by atoms with E-state index in [-0.39, 0.29) is 11.7 Å². The van der Waals surface area contributed by atoms with Crippen molar-refractivity contribution in [3.8, 4) is 5.75 Å². The summed E-state index contributed by atoms with van der Waals surface area (Å²) in [4.78, 5) is 19.6. The number of aryl methyl sites for hydroxylation is 1. The number of hydrogen-bond donors (Lipinski definition) is 0. The highest BCUT2D eigenvalue weighted by molar-refractivity contribution is 5.97. The van der Waals surface area contributed by atoms with Crippen LogP contribution >= 0.6 is 0 Å². The van der Waals surface area contributed by atoms with E-state index in [0.717, 1.165) is 41.6 Å². The summed E-state index contributed by atoms with van der Waals surface area (Å²) >= 11 is 0. The Balaban J connectivity index is 1.37. The molecular formula is C26H27FN2O2. The molecule has 1 amide bonds. The molecule has 1 fully saturated rings. The van der Waals surface area contributed by atoms with E-state index < -0.39 is 0 Å². The van der Waals surface area contributed by atoms with Crippen LogP contribution in [0.15, 0.2) is 60.8 Å². The molecule has 31 heavy (non-hydrogen) atoms. The maximum atomic E-state index is 13.1. The number of carbonyl (C=O) groups excluding carboxylic acids is 1. The maximum absolute atomic E-state index is 13.1. The number of ether oxygens (including phenoxy) is 1. The minimum Gasteiger partial charge on any atom is -0.496 e. The van der Waals surface area contributed by atoms with Gasteiger partial charge in [0.05, 0.1) is 12.7 Å². The van der Waals surface area contributed by atoms with Crippen LogP contribution in [-0.2, 0) is 6.42 Å². The van der Waals surface area contributed by atoms with Gasteiger partial charge in [-0.1, -0.05) is 30.3 Å². The van der Waals surface area contributed by atoms with Crippen molar-refractivity contribution < 1.29 is 13.9 Å². The van der Waals surface area contributed by atoms with Gasteiger partial charge in [0.25, 0.3) is 5.91 Å². The molecule has 2 heterocycles. The summed E-state index contributed by atoms with van der Waals surface area (Å²) in [5, 5.41) is 0. The number of benzene rings is 2. The molecule has 0 radical (unpaired) electrons. The van der Waals surface area contributed by atoms with E-state index >= 15 is 0 Å². The van der Waals surface area contributed by atoms with Gasteiger partial charge in [0.2, 0.25) is 0 Å². The first-order valence-corrected chi connectivity index (χ1v) is 10.7.